The fourth-order valence-electron chi connectivity index (χ4n) is 0.496. The summed E-state index contributed by atoms with van der Waals surface area (Å²) in [7, 11) is 1.55. The van der Waals surface area contributed by atoms with E-state index in [2.05, 4.69) is 21.2 Å². The Morgan fingerprint density at radius 3 is 2.44 bits per heavy atom. The molecule has 0 unspecified atom stereocenters. The maximum absolute atomic E-state index is 4.99. The van der Waals surface area contributed by atoms with E-state index in [0.29, 0.717) is 0 Å². The topological polar surface area (TPSA) is 4.93 Å². The molecule has 1 aromatic rings. The van der Waals surface area contributed by atoms with Crippen LogP contribution in [-0.2, 0) is 0 Å². The average molecular weight is 269 g/mol. The molecule has 0 saturated heterocycles. The highest BCUT2D eigenvalue weighted by Gasteiger charge is 1.93. The molecule has 0 aliphatic rings. The van der Waals surface area contributed by atoms with E-state index in [4.69, 9.17) is 12.2 Å². The molecule has 0 aliphatic heterocycles. The number of rotatable bonds is 0. The van der Waals surface area contributed by atoms with Crippen LogP contribution in [0.2, 0.25) is 0 Å². The third-order valence-electron chi connectivity index (χ3n) is 0.881. The van der Waals surface area contributed by atoms with Gasteiger partial charge in [0.25, 0.3) is 0 Å². The minimum Gasteiger partial charge on any atom is -0.309 e. The van der Waals surface area contributed by atoms with Gasteiger partial charge in [-0.15, -0.1) is 0 Å². The van der Waals surface area contributed by atoms with Crippen LogP contribution in [-0.4, -0.2) is 8.89 Å². The molecule has 1 nitrogen and oxygen atoms in total. The quantitative estimate of drug-likeness (QED) is 0.527. The summed E-state index contributed by atoms with van der Waals surface area (Å²) >= 11 is 7.16. The van der Waals surface area contributed by atoms with Gasteiger partial charge in [0.1, 0.15) is 0 Å². The molecule has 9 heavy (non-hydrogen) atoms. The van der Waals surface area contributed by atoms with Crippen LogP contribution in [0, 0.1) is 0 Å². The number of aromatic nitrogens is 1. The maximum atomic E-state index is 4.99. The number of hydrogen-bond donors (Lipinski definition) is 0. The number of hydrogen-bond acceptors (Lipinski definition) is 2. The number of halogens is 1. The van der Waals surface area contributed by atoms with Crippen LogP contribution in [0.5, 0.6) is 0 Å². The molecule has 0 fully saturated rings. The van der Waals surface area contributed by atoms with Crippen molar-refractivity contribution in [3.63, 3.8) is 0 Å². The summed E-state index contributed by atoms with van der Waals surface area (Å²) in [6.07, 6.45) is 3.88. The van der Waals surface area contributed by atoms with Crippen molar-refractivity contribution in [1.82, 2.24) is 4.57 Å². The van der Waals surface area contributed by atoms with Crippen molar-refractivity contribution in [2.75, 3.05) is 0 Å². The highest BCUT2D eigenvalue weighted by atomic mass is 127. The largest absolute Gasteiger partial charge is 0.309 e. The van der Waals surface area contributed by atoms with Gasteiger partial charge in [0, 0.05) is 33.6 Å². The van der Waals surface area contributed by atoms with Gasteiger partial charge in [-0.25, -0.2) is 0 Å². The van der Waals surface area contributed by atoms with Crippen molar-refractivity contribution >= 4 is 46.7 Å². The Hall–Kier alpha value is 0.450. The lowest BCUT2D eigenvalue weighted by atomic mass is 10.7. The van der Waals surface area contributed by atoms with Gasteiger partial charge < -0.3 is 4.57 Å². The zero-order valence-corrected chi connectivity index (χ0v) is 8.24. The predicted molar refractivity (Wildman–Crippen MR) is 54.0 cm³/mol. The van der Waals surface area contributed by atoms with Crippen molar-refractivity contribution in [2.45, 2.75) is 0 Å². The molecule has 0 bridgehead atoms. The average Bonchev–Trinajstić information content (AvgIpc) is 2.37. The number of nitrogens with zero attached hydrogens (tertiary/aromatic N) is 1. The second kappa shape index (κ2) is 3.58. The van der Waals surface area contributed by atoms with Gasteiger partial charge in [-0.3, -0.25) is 0 Å². The van der Waals surface area contributed by atoms with Crippen molar-refractivity contribution in [3.05, 3.63) is 24.5 Å². The third-order valence-corrected chi connectivity index (χ3v) is 3.83. The molecular formula is C5H4INS2. The monoisotopic (exact) mass is 269 g/mol. The van der Waals surface area contributed by atoms with Crippen LogP contribution >= 0.6 is 42.4 Å². The molecule has 48 valence electrons. The SMILES string of the molecule is S=C(SI)n1cccc1. The first kappa shape index (κ1) is 7.56. The Balaban J connectivity index is 2.77. The first-order chi connectivity index (χ1) is 4.34. The summed E-state index contributed by atoms with van der Waals surface area (Å²) < 4.78 is 2.78. The minimum absolute atomic E-state index is 0.876. The van der Waals surface area contributed by atoms with Gasteiger partial charge in [0.2, 0.25) is 0 Å². The van der Waals surface area contributed by atoms with Gasteiger partial charge in [-0.2, -0.15) is 0 Å². The van der Waals surface area contributed by atoms with E-state index in [9.17, 15) is 0 Å². The molecule has 4 heteroatoms. The number of thiocarbonyl (C=S) groups is 1. The zero-order chi connectivity index (χ0) is 6.69. The van der Waals surface area contributed by atoms with Gasteiger partial charge in [0.05, 0.1) is 0 Å². The van der Waals surface area contributed by atoms with Crippen molar-refractivity contribution in [2.24, 2.45) is 0 Å². The fourth-order valence-corrected chi connectivity index (χ4v) is 1.50. The molecule has 0 N–H and O–H groups in total. The van der Waals surface area contributed by atoms with Gasteiger partial charge in [-0.05, 0) is 21.1 Å². The smallest absolute Gasteiger partial charge is 0.154 e. The van der Waals surface area contributed by atoms with Crippen molar-refractivity contribution < 1.29 is 0 Å². The standard InChI is InChI=1S/C5H4INS2/c6-9-5(8)7-3-1-2-4-7/h1-4H. The molecule has 0 radical (unpaired) electrons. The van der Waals surface area contributed by atoms with E-state index in [1.807, 2.05) is 29.1 Å². The zero-order valence-electron chi connectivity index (χ0n) is 4.45. The summed E-state index contributed by atoms with van der Waals surface area (Å²) in [5, 5.41) is 0. The summed E-state index contributed by atoms with van der Waals surface area (Å²) in [6.45, 7) is 0. The predicted octanol–water partition coefficient (Wildman–Crippen LogP) is 2.70. The summed E-state index contributed by atoms with van der Waals surface area (Å²) in [5.74, 6) is 0. The lowest BCUT2D eigenvalue weighted by molar-refractivity contribution is 1.22. The lowest BCUT2D eigenvalue weighted by Crippen LogP contribution is -1.97. The van der Waals surface area contributed by atoms with E-state index in [0.717, 1.165) is 4.32 Å². The Morgan fingerprint density at radius 2 is 2.00 bits per heavy atom. The molecule has 0 aromatic carbocycles. The Bertz CT molecular complexity index is 195. The van der Waals surface area contributed by atoms with Gasteiger partial charge in [0.15, 0.2) is 4.32 Å². The highest BCUT2D eigenvalue weighted by Crippen LogP contribution is 2.15. The highest BCUT2D eigenvalue weighted by molar-refractivity contribution is 14.2. The Morgan fingerprint density at radius 1 is 1.44 bits per heavy atom. The molecule has 0 atom stereocenters. The molecule has 1 heterocycles. The van der Waals surface area contributed by atoms with Crippen LogP contribution < -0.4 is 0 Å². The molecule has 0 spiro atoms. The van der Waals surface area contributed by atoms with E-state index in [1.165, 1.54) is 0 Å². The molecule has 0 amide bonds. The first-order valence-corrected chi connectivity index (χ1v) is 6.07. The van der Waals surface area contributed by atoms with Crippen LogP contribution in [0.4, 0.5) is 0 Å². The van der Waals surface area contributed by atoms with E-state index < -0.39 is 0 Å². The molecule has 1 rings (SSSR count). The minimum atomic E-state index is 0.876. The van der Waals surface area contributed by atoms with E-state index in [1.54, 1.807) is 8.93 Å². The van der Waals surface area contributed by atoms with Gasteiger partial charge >= 0.3 is 0 Å². The normalized spacial score (nSPS) is 9.44. The van der Waals surface area contributed by atoms with Crippen LogP contribution in [0.15, 0.2) is 24.5 Å². The van der Waals surface area contributed by atoms with E-state index in [-0.39, 0.29) is 0 Å². The van der Waals surface area contributed by atoms with Crippen LogP contribution in [0.3, 0.4) is 0 Å². The first-order valence-electron chi connectivity index (χ1n) is 2.30. The Kier molecular flexibility index (Phi) is 3.00. The molecule has 0 saturated carbocycles. The second-order valence-corrected chi connectivity index (χ2v) is 3.94. The lowest BCUT2D eigenvalue weighted by Gasteiger charge is -1.96. The Labute approximate surface area is 75.4 Å². The molecule has 0 aliphatic carbocycles. The summed E-state index contributed by atoms with van der Waals surface area (Å²) in [4.78, 5) is 0. The summed E-state index contributed by atoms with van der Waals surface area (Å²) in [5.41, 5.74) is 0. The van der Waals surface area contributed by atoms with Crippen molar-refractivity contribution in [1.29, 1.82) is 0 Å². The third kappa shape index (κ3) is 1.94. The van der Waals surface area contributed by atoms with Crippen LogP contribution in [0.25, 0.3) is 0 Å². The fraction of sp³-hybridized carbons (Fsp3) is 0. The van der Waals surface area contributed by atoms with Crippen LogP contribution in [0.1, 0.15) is 0 Å². The molecular weight excluding hydrogens is 265 g/mol. The second-order valence-electron chi connectivity index (χ2n) is 1.43. The van der Waals surface area contributed by atoms with Crippen molar-refractivity contribution in [3.8, 4) is 0 Å². The maximum Gasteiger partial charge on any atom is 0.154 e. The molecule has 1 aromatic heterocycles. The summed E-state index contributed by atoms with van der Waals surface area (Å²) in [6, 6.07) is 3.92. The van der Waals surface area contributed by atoms with E-state index >= 15 is 0 Å². The van der Waals surface area contributed by atoms with Gasteiger partial charge in [-0.1, -0.05) is 12.2 Å².